The van der Waals surface area contributed by atoms with Gasteiger partial charge in [0.2, 0.25) is 5.95 Å². The van der Waals surface area contributed by atoms with Crippen molar-refractivity contribution in [1.82, 2.24) is 9.97 Å². The summed E-state index contributed by atoms with van der Waals surface area (Å²) in [7, 11) is 0. The number of hydrogen-bond acceptors (Lipinski definition) is 2. The molecule has 0 radical (unpaired) electrons. The highest BCUT2D eigenvalue weighted by Crippen LogP contribution is 2.18. The third-order valence-corrected chi connectivity index (χ3v) is 2.02. The molecule has 0 aliphatic rings. The van der Waals surface area contributed by atoms with E-state index in [4.69, 9.17) is 11.6 Å². The number of anilines is 1. The number of hydrogen-bond donors (Lipinski definition) is 2. The molecule has 0 unspecified atom stereocenters. The first-order valence-corrected chi connectivity index (χ1v) is 4.56. The molecular formula is C9H10ClN3. The van der Waals surface area contributed by atoms with Gasteiger partial charge in [0.15, 0.2) is 0 Å². The van der Waals surface area contributed by atoms with Gasteiger partial charge in [0.25, 0.3) is 0 Å². The smallest absolute Gasteiger partial charge is 0.201 e. The number of H-pyrrole nitrogens is 1. The van der Waals surface area contributed by atoms with Crippen molar-refractivity contribution in [2.24, 2.45) is 0 Å². The summed E-state index contributed by atoms with van der Waals surface area (Å²) in [5.74, 6) is 0.791. The Morgan fingerprint density at radius 2 is 2.38 bits per heavy atom. The van der Waals surface area contributed by atoms with Gasteiger partial charge in [-0.15, -0.1) is 0 Å². The molecule has 0 aliphatic heterocycles. The summed E-state index contributed by atoms with van der Waals surface area (Å²) in [4.78, 5) is 7.46. The summed E-state index contributed by atoms with van der Waals surface area (Å²) in [6.07, 6.45) is 0. The highest BCUT2D eigenvalue weighted by Gasteiger charge is 2.00. The number of aromatic nitrogens is 2. The van der Waals surface area contributed by atoms with Gasteiger partial charge in [0.05, 0.1) is 11.0 Å². The molecule has 1 heterocycles. The van der Waals surface area contributed by atoms with Crippen LogP contribution < -0.4 is 5.32 Å². The summed E-state index contributed by atoms with van der Waals surface area (Å²) in [6.45, 7) is 2.88. The van der Waals surface area contributed by atoms with Gasteiger partial charge >= 0.3 is 0 Å². The number of halogens is 1. The third kappa shape index (κ3) is 1.60. The lowest BCUT2D eigenvalue weighted by molar-refractivity contribution is 1.14. The van der Waals surface area contributed by atoms with E-state index < -0.39 is 0 Å². The fourth-order valence-electron chi connectivity index (χ4n) is 1.23. The SMILES string of the molecule is CCNc1nc2cc(Cl)ccc2[nH]1. The van der Waals surface area contributed by atoms with Crippen molar-refractivity contribution in [2.75, 3.05) is 11.9 Å². The molecule has 0 saturated heterocycles. The number of benzene rings is 1. The van der Waals surface area contributed by atoms with E-state index in [9.17, 15) is 0 Å². The maximum absolute atomic E-state index is 5.83. The van der Waals surface area contributed by atoms with Crippen LogP contribution in [0.5, 0.6) is 0 Å². The third-order valence-electron chi connectivity index (χ3n) is 1.79. The van der Waals surface area contributed by atoms with Crippen LogP contribution in [0.15, 0.2) is 18.2 Å². The molecule has 0 saturated carbocycles. The molecule has 2 rings (SSSR count). The lowest BCUT2D eigenvalue weighted by Gasteiger charge is -1.93. The second kappa shape index (κ2) is 3.26. The Kier molecular flexibility index (Phi) is 2.10. The number of fused-ring (bicyclic) bond motifs is 1. The quantitative estimate of drug-likeness (QED) is 0.774. The van der Waals surface area contributed by atoms with Crippen molar-refractivity contribution < 1.29 is 0 Å². The summed E-state index contributed by atoms with van der Waals surface area (Å²) in [5, 5.41) is 3.82. The fourth-order valence-corrected chi connectivity index (χ4v) is 1.40. The Morgan fingerprint density at radius 3 is 3.15 bits per heavy atom. The fraction of sp³-hybridized carbons (Fsp3) is 0.222. The van der Waals surface area contributed by atoms with Gasteiger partial charge in [-0.3, -0.25) is 0 Å². The van der Waals surface area contributed by atoms with E-state index in [0.717, 1.165) is 23.5 Å². The van der Waals surface area contributed by atoms with Crippen LogP contribution in [0.1, 0.15) is 6.92 Å². The molecule has 0 spiro atoms. The molecule has 2 N–H and O–H groups in total. The Morgan fingerprint density at radius 1 is 1.54 bits per heavy atom. The normalized spacial score (nSPS) is 10.6. The average Bonchev–Trinajstić information content (AvgIpc) is 2.46. The zero-order chi connectivity index (χ0) is 9.26. The Labute approximate surface area is 81.1 Å². The van der Waals surface area contributed by atoms with E-state index in [0.29, 0.717) is 5.02 Å². The zero-order valence-electron chi connectivity index (χ0n) is 7.26. The van der Waals surface area contributed by atoms with Crippen molar-refractivity contribution >= 4 is 28.6 Å². The van der Waals surface area contributed by atoms with Crippen molar-refractivity contribution in [2.45, 2.75) is 6.92 Å². The molecule has 1 aromatic carbocycles. The van der Waals surface area contributed by atoms with Gasteiger partial charge in [-0.25, -0.2) is 4.98 Å². The zero-order valence-corrected chi connectivity index (χ0v) is 8.02. The van der Waals surface area contributed by atoms with Gasteiger partial charge in [-0.1, -0.05) is 11.6 Å². The van der Waals surface area contributed by atoms with Gasteiger partial charge in [0, 0.05) is 11.6 Å². The minimum atomic E-state index is 0.710. The molecule has 4 heteroatoms. The molecule has 0 aliphatic carbocycles. The first-order chi connectivity index (χ1) is 6.29. The van der Waals surface area contributed by atoms with Crippen molar-refractivity contribution in [3.63, 3.8) is 0 Å². The molecule has 2 aromatic rings. The highest BCUT2D eigenvalue weighted by molar-refractivity contribution is 6.31. The van der Waals surface area contributed by atoms with E-state index in [-0.39, 0.29) is 0 Å². The Hall–Kier alpha value is -1.22. The van der Waals surface area contributed by atoms with Gasteiger partial charge in [-0.2, -0.15) is 0 Å². The molecule has 0 bridgehead atoms. The molecule has 1 aromatic heterocycles. The minimum Gasteiger partial charge on any atom is -0.356 e. The topological polar surface area (TPSA) is 40.7 Å². The van der Waals surface area contributed by atoms with E-state index >= 15 is 0 Å². The number of imidazole rings is 1. The van der Waals surface area contributed by atoms with E-state index in [1.54, 1.807) is 0 Å². The monoisotopic (exact) mass is 195 g/mol. The van der Waals surface area contributed by atoms with E-state index in [1.165, 1.54) is 0 Å². The number of nitrogens with one attached hydrogen (secondary N) is 2. The summed E-state index contributed by atoms with van der Waals surface area (Å²) >= 11 is 5.83. The van der Waals surface area contributed by atoms with Crippen LogP contribution in [-0.4, -0.2) is 16.5 Å². The van der Waals surface area contributed by atoms with Crippen LogP contribution in [0.25, 0.3) is 11.0 Å². The maximum Gasteiger partial charge on any atom is 0.201 e. The first kappa shape index (κ1) is 8.38. The van der Waals surface area contributed by atoms with Crippen molar-refractivity contribution in [3.05, 3.63) is 23.2 Å². The Balaban J connectivity index is 2.49. The van der Waals surface area contributed by atoms with Crippen LogP contribution in [0.2, 0.25) is 5.02 Å². The van der Waals surface area contributed by atoms with Gasteiger partial charge in [0.1, 0.15) is 0 Å². The molecule has 0 amide bonds. The van der Waals surface area contributed by atoms with Crippen LogP contribution in [-0.2, 0) is 0 Å². The largest absolute Gasteiger partial charge is 0.356 e. The predicted molar refractivity (Wildman–Crippen MR) is 55.3 cm³/mol. The second-order valence-corrected chi connectivity index (χ2v) is 3.21. The Bertz CT molecular complexity index is 422. The predicted octanol–water partition coefficient (Wildman–Crippen LogP) is 2.65. The minimum absolute atomic E-state index is 0.710. The first-order valence-electron chi connectivity index (χ1n) is 4.18. The second-order valence-electron chi connectivity index (χ2n) is 2.78. The maximum atomic E-state index is 5.83. The van der Waals surface area contributed by atoms with Gasteiger partial charge < -0.3 is 10.3 Å². The molecular weight excluding hydrogens is 186 g/mol. The lowest BCUT2D eigenvalue weighted by atomic mass is 10.3. The molecule has 0 fully saturated rings. The highest BCUT2D eigenvalue weighted by atomic mass is 35.5. The van der Waals surface area contributed by atoms with Crippen LogP contribution in [0.4, 0.5) is 5.95 Å². The number of nitrogens with zero attached hydrogens (tertiary/aromatic N) is 1. The van der Waals surface area contributed by atoms with E-state index in [1.807, 2.05) is 25.1 Å². The molecule has 13 heavy (non-hydrogen) atoms. The van der Waals surface area contributed by atoms with Crippen molar-refractivity contribution in [1.29, 1.82) is 0 Å². The standard InChI is InChI=1S/C9H10ClN3/c1-2-11-9-12-7-4-3-6(10)5-8(7)13-9/h3-5H,2H2,1H3,(H2,11,12,13). The van der Waals surface area contributed by atoms with Crippen LogP contribution in [0.3, 0.4) is 0 Å². The summed E-state index contributed by atoms with van der Waals surface area (Å²) in [5.41, 5.74) is 1.89. The van der Waals surface area contributed by atoms with Crippen LogP contribution in [0, 0.1) is 0 Å². The average molecular weight is 196 g/mol. The summed E-state index contributed by atoms with van der Waals surface area (Å²) in [6, 6.07) is 5.61. The lowest BCUT2D eigenvalue weighted by Crippen LogP contribution is -1.97. The van der Waals surface area contributed by atoms with Gasteiger partial charge in [-0.05, 0) is 25.1 Å². The molecule has 3 nitrogen and oxygen atoms in total. The number of rotatable bonds is 2. The molecule has 68 valence electrons. The van der Waals surface area contributed by atoms with Crippen molar-refractivity contribution in [3.8, 4) is 0 Å². The van der Waals surface area contributed by atoms with Crippen LogP contribution >= 0.6 is 11.6 Å². The van der Waals surface area contributed by atoms with E-state index in [2.05, 4.69) is 15.3 Å². The summed E-state index contributed by atoms with van der Waals surface area (Å²) < 4.78 is 0. The number of aromatic amines is 1. The molecule has 0 atom stereocenters.